The summed E-state index contributed by atoms with van der Waals surface area (Å²) in [4.78, 5) is 22.2. The predicted molar refractivity (Wildman–Crippen MR) is 101 cm³/mol. The fourth-order valence-corrected chi connectivity index (χ4v) is 3.68. The Kier molecular flexibility index (Phi) is 4.70. The molecule has 1 atom stereocenters. The molecule has 4 heterocycles. The standard InChI is InChI=1S/C19H19ClN4O3/c1-11-18(12(2)27-23-11)13-5-15(7-21-6-13)26-14-3-4-24(10-14)16-8-22-9-17(25)19(16)20/h5-8,14H,3-4,9-10H2,1-2H3/t14-/m1/s1. The van der Waals surface area contributed by atoms with Crippen molar-refractivity contribution in [1.82, 2.24) is 15.0 Å². The smallest absolute Gasteiger partial charge is 0.197 e. The van der Waals surface area contributed by atoms with Gasteiger partial charge in [-0.05, 0) is 19.9 Å². The molecule has 140 valence electrons. The Labute approximate surface area is 161 Å². The molecule has 0 N–H and O–H groups in total. The molecule has 0 aromatic carbocycles. The molecule has 2 aromatic rings. The van der Waals surface area contributed by atoms with Crippen molar-refractivity contribution in [1.29, 1.82) is 0 Å². The number of ether oxygens (including phenoxy) is 1. The van der Waals surface area contributed by atoms with Gasteiger partial charge in [0.05, 0.1) is 24.1 Å². The van der Waals surface area contributed by atoms with Crippen molar-refractivity contribution in [2.45, 2.75) is 26.4 Å². The van der Waals surface area contributed by atoms with Crippen LogP contribution in [0, 0.1) is 13.8 Å². The van der Waals surface area contributed by atoms with Gasteiger partial charge < -0.3 is 14.2 Å². The molecule has 0 radical (unpaired) electrons. The molecule has 0 saturated carbocycles. The third-order valence-corrected chi connectivity index (χ3v) is 5.15. The largest absolute Gasteiger partial charge is 0.487 e. The quantitative estimate of drug-likeness (QED) is 0.803. The molecule has 2 aromatic heterocycles. The number of hydrogen-bond donors (Lipinski definition) is 0. The van der Waals surface area contributed by atoms with Crippen molar-refractivity contribution in [3.8, 4) is 16.9 Å². The van der Waals surface area contributed by atoms with Gasteiger partial charge in [0.1, 0.15) is 29.2 Å². The van der Waals surface area contributed by atoms with E-state index in [0.29, 0.717) is 18.0 Å². The highest BCUT2D eigenvalue weighted by Gasteiger charge is 2.29. The van der Waals surface area contributed by atoms with Gasteiger partial charge in [-0.1, -0.05) is 16.8 Å². The first-order valence-electron chi connectivity index (χ1n) is 8.75. The molecule has 4 rings (SSSR count). The zero-order chi connectivity index (χ0) is 19.0. The van der Waals surface area contributed by atoms with E-state index in [2.05, 4.69) is 15.1 Å². The van der Waals surface area contributed by atoms with Gasteiger partial charge in [-0.15, -0.1) is 0 Å². The SMILES string of the molecule is Cc1noc(C)c1-c1cncc(O[C@@H]2CCN(C3=C(Cl)C(=O)CN=C3)C2)c1. The Morgan fingerprint density at radius 1 is 1.33 bits per heavy atom. The number of halogens is 1. The number of dihydropyridines is 1. The number of ketones is 1. The normalized spacial score (nSPS) is 19.9. The molecular weight excluding hydrogens is 368 g/mol. The molecule has 0 spiro atoms. The van der Waals surface area contributed by atoms with Crippen LogP contribution in [0.1, 0.15) is 17.9 Å². The first-order valence-corrected chi connectivity index (χ1v) is 9.13. The summed E-state index contributed by atoms with van der Waals surface area (Å²) in [5.74, 6) is 1.30. The molecule has 2 aliphatic heterocycles. The molecule has 0 aliphatic carbocycles. The van der Waals surface area contributed by atoms with Crippen LogP contribution in [0.3, 0.4) is 0 Å². The van der Waals surface area contributed by atoms with E-state index in [9.17, 15) is 4.79 Å². The number of hydrogen-bond acceptors (Lipinski definition) is 7. The predicted octanol–water partition coefficient (Wildman–Crippen LogP) is 2.91. The van der Waals surface area contributed by atoms with E-state index in [4.69, 9.17) is 20.9 Å². The van der Waals surface area contributed by atoms with Gasteiger partial charge in [-0.3, -0.25) is 14.8 Å². The minimum atomic E-state index is -0.144. The summed E-state index contributed by atoms with van der Waals surface area (Å²) in [5.41, 5.74) is 3.35. The highest BCUT2D eigenvalue weighted by Crippen LogP contribution is 2.30. The van der Waals surface area contributed by atoms with Crippen LogP contribution >= 0.6 is 11.6 Å². The maximum atomic E-state index is 11.8. The summed E-state index contributed by atoms with van der Waals surface area (Å²) in [5, 5.41) is 4.25. The van der Waals surface area contributed by atoms with E-state index >= 15 is 0 Å². The average Bonchev–Trinajstić information content (AvgIpc) is 3.24. The number of aliphatic imine (C=N–C) groups is 1. The maximum absolute atomic E-state index is 11.8. The second-order valence-electron chi connectivity index (χ2n) is 6.68. The molecule has 0 amide bonds. The van der Waals surface area contributed by atoms with E-state index in [1.165, 1.54) is 0 Å². The summed E-state index contributed by atoms with van der Waals surface area (Å²) in [6.45, 7) is 5.30. The van der Waals surface area contributed by atoms with Crippen LogP contribution in [0.2, 0.25) is 0 Å². The van der Waals surface area contributed by atoms with Gasteiger partial charge in [-0.2, -0.15) is 0 Å². The van der Waals surface area contributed by atoms with Gasteiger partial charge in [0.2, 0.25) is 0 Å². The molecule has 27 heavy (non-hydrogen) atoms. The first-order chi connectivity index (χ1) is 13.0. The minimum Gasteiger partial charge on any atom is -0.487 e. The summed E-state index contributed by atoms with van der Waals surface area (Å²) >= 11 is 6.16. The zero-order valence-electron chi connectivity index (χ0n) is 15.1. The number of Topliss-reactive ketones (excluding diaryl/α,β-unsaturated/α-hetero) is 1. The maximum Gasteiger partial charge on any atom is 0.197 e. The van der Waals surface area contributed by atoms with E-state index < -0.39 is 0 Å². The molecule has 0 unspecified atom stereocenters. The van der Waals surface area contributed by atoms with Crippen LogP contribution in [-0.4, -0.2) is 52.8 Å². The highest BCUT2D eigenvalue weighted by molar-refractivity contribution is 6.44. The van der Waals surface area contributed by atoms with Crippen molar-refractivity contribution in [2.24, 2.45) is 4.99 Å². The lowest BCUT2D eigenvalue weighted by atomic mass is 10.1. The average molecular weight is 387 g/mol. The Hall–Kier alpha value is -2.67. The molecule has 1 saturated heterocycles. The highest BCUT2D eigenvalue weighted by atomic mass is 35.5. The number of aryl methyl sites for hydroxylation is 2. The zero-order valence-corrected chi connectivity index (χ0v) is 15.9. The number of aromatic nitrogens is 2. The monoisotopic (exact) mass is 386 g/mol. The van der Waals surface area contributed by atoms with Crippen LogP contribution in [-0.2, 0) is 4.79 Å². The van der Waals surface area contributed by atoms with E-state index in [1.54, 1.807) is 18.6 Å². The Bertz CT molecular complexity index is 931. The molecule has 7 nitrogen and oxygen atoms in total. The van der Waals surface area contributed by atoms with Crippen LogP contribution in [0.4, 0.5) is 0 Å². The van der Waals surface area contributed by atoms with Gasteiger partial charge >= 0.3 is 0 Å². The Morgan fingerprint density at radius 2 is 2.19 bits per heavy atom. The number of carbonyl (C=O) groups excluding carboxylic acids is 1. The molecule has 2 aliphatic rings. The lowest BCUT2D eigenvalue weighted by Crippen LogP contribution is -2.28. The third kappa shape index (κ3) is 3.47. The van der Waals surface area contributed by atoms with Gasteiger partial charge in [0.25, 0.3) is 0 Å². The fourth-order valence-electron chi connectivity index (χ4n) is 3.46. The Morgan fingerprint density at radius 3 is 2.96 bits per heavy atom. The van der Waals surface area contributed by atoms with Crippen LogP contribution < -0.4 is 4.74 Å². The van der Waals surface area contributed by atoms with Crippen molar-refractivity contribution < 1.29 is 14.1 Å². The molecular formula is C19H19ClN4O3. The number of allylic oxidation sites excluding steroid dienone is 1. The number of pyridine rings is 1. The van der Waals surface area contributed by atoms with Crippen LogP contribution in [0.5, 0.6) is 5.75 Å². The third-order valence-electron chi connectivity index (χ3n) is 4.74. The lowest BCUT2D eigenvalue weighted by molar-refractivity contribution is -0.113. The van der Waals surface area contributed by atoms with Crippen molar-refractivity contribution in [3.05, 3.63) is 40.6 Å². The number of likely N-dealkylation sites (tertiary alicyclic amines) is 1. The van der Waals surface area contributed by atoms with Crippen LogP contribution in [0.25, 0.3) is 11.1 Å². The van der Waals surface area contributed by atoms with Gasteiger partial charge in [-0.25, -0.2) is 0 Å². The summed E-state index contributed by atoms with van der Waals surface area (Å²) in [7, 11) is 0. The second kappa shape index (κ2) is 7.15. The first kappa shape index (κ1) is 17.7. The van der Waals surface area contributed by atoms with Gasteiger partial charge in [0.15, 0.2) is 5.78 Å². The van der Waals surface area contributed by atoms with E-state index in [0.717, 1.165) is 35.5 Å². The van der Waals surface area contributed by atoms with E-state index in [1.807, 2.05) is 24.8 Å². The Balaban J connectivity index is 1.48. The fraction of sp³-hybridized carbons (Fsp3) is 0.368. The minimum absolute atomic E-state index is 0.0193. The topological polar surface area (TPSA) is 80.8 Å². The van der Waals surface area contributed by atoms with Crippen molar-refractivity contribution >= 4 is 23.6 Å². The molecule has 0 bridgehead atoms. The summed E-state index contributed by atoms with van der Waals surface area (Å²) < 4.78 is 11.4. The van der Waals surface area contributed by atoms with Crippen molar-refractivity contribution in [3.63, 3.8) is 0 Å². The van der Waals surface area contributed by atoms with E-state index in [-0.39, 0.29) is 23.5 Å². The molecule has 1 fully saturated rings. The summed E-state index contributed by atoms with van der Waals surface area (Å²) in [6.07, 6.45) is 5.95. The number of carbonyl (C=O) groups is 1. The van der Waals surface area contributed by atoms with Crippen LogP contribution in [0.15, 0.2) is 38.7 Å². The molecule has 8 heteroatoms. The summed E-state index contributed by atoms with van der Waals surface area (Å²) in [6, 6.07) is 1.94. The van der Waals surface area contributed by atoms with Crippen molar-refractivity contribution in [2.75, 3.05) is 19.6 Å². The second-order valence-corrected chi connectivity index (χ2v) is 7.05. The lowest BCUT2D eigenvalue weighted by Gasteiger charge is -2.22. The van der Waals surface area contributed by atoms with Gasteiger partial charge in [0, 0.05) is 36.5 Å². The number of rotatable bonds is 4. The number of nitrogens with zero attached hydrogens (tertiary/aromatic N) is 4.